The molecule has 29 heavy (non-hydrogen) atoms. The first-order valence-electron chi connectivity index (χ1n) is 10.3. The summed E-state index contributed by atoms with van der Waals surface area (Å²) in [5.74, 6) is 0. The van der Waals surface area contributed by atoms with E-state index in [2.05, 4.69) is 111 Å². The molecule has 0 saturated heterocycles. The van der Waals surface area contributed by atoms with E-state index in [0.29, 0.717) is 0 Å². The van der Waals surface area contributed by atoms with Gasteiger partial charge in [0.25, 0.3) is 0 Å². The summed E-state index contributed by atoms with van der Waals surface area (Å²) in [6.07, 6.45) is 2.09. The molecular formula is C28H26S. The highest BCUT2D eigenvalue weighted by Gasteiger charge is 2.12. The standard InChI is InChI=1S/C28H26S/c1-3-21-15-17-27(25(19-21)23-11-7-5-8-12-23)29-28-18-16-22(4-2)20-26(28)24-13-9-6-10-14-24/h5-20H,3-4H2,1-2H3. The van der Waals surface area contributed by atoms with Crippen molar-refractivity contribution in [2.24, 2.45) is 0 Å². The molecule has 1 heteroatoms. The van der Waals surface area contributed by atoms with Crippen molar-refractivity contribution >= 4 is 11.8 Å². The zero-order chi connectivity index (χ0) is 20.1. The van der Waals surface area contributed by atoms with Gasteiger partial charge in [0, 0.05) is 9.79 Å². The molecule has 0 aliphatic rings. The first kappa shape index (κ1) is 19.5. The van der Waals surface area contributed by atoms with Gasteiger partial charge in [0.05, 0.1) is 0 Å². The predicted molar refractivity (Wildman–Crippen MR) is 127 cm³/mol. The Morgan fingerprint density at radius 3 is 1.31 bits per heavy atom. The average molecular weight is 395 g/mol. The van der Waals surface area contributed by atoms with Crippen molar-refractivity contribution in [2.45, 2.75) is 36.5 Å². The zero-order valence-electron chi connectivity index (χ0n) is 17.1. The second kappa shape index (κ2) is 9.15. The first-order valence-corrected chi connectivity index (χ1v) is 11.1. The molecule has 0 nitrogen and oxygen atoms in total. The SMILES string of the molecule is CCc1ccc(Sc2ccc(CC)cc2-c2ccccc2)c(-c2ccccc2)c1. The molecule has 0 fully saturated rings. The first-order chi connectivity index (χ1) is 14.3. The van der Waals surface area contributed by atoms with Crippen molar-refractivity contribution in [1.29, 1.82) is 0 Å². The van der Waals surface area contributed by atoms with Gasteiger partial charge in [0.15, 0.2) is 0 Å². The van der Waals surface area contributed by atoms with Crippen LogP contribution in [-0.2, 0) is 12.8 Å². The van der Waals surface area contributed by atoms with Crippen molar-refractivity contribution in [3.8, 4) is 22.3 Å². The Kier molecular flexibility index (Phi) is 6.17. The highest BCUT2D eigenvalue weighted by molar-refractivity contribution is 7.99. The van der Waals surface area contributed by atoms with Crippen LogP contribution in [0.3, 0.4) is 0 Å². The van der Waals surface area contributed by atoms with E-state index in [1.807, 2.05) is 11.8 Å². The van der Waals surface area contributed by atoms with Gasteiger partial charge in [0.1, 0.15) is 0 Å². The lowest BCUT2D eigenvalue weighted by Gasteiger charge is -2.15. The van der Waals surface area contributed by atoms with Gasteiger partial charge in [-0.1, -0.05) is 111 Å². The molecule has 0 unspecified atom stereocenters. The van der Waals surface area contributed by atoms with Crippen molar-refractivity contribution in [3.05, 3.63) is 108 Å². The molecular weight excluding hydrogens is 368 g/mol. The summed E-state index contributed by atoms with van der Waals surface area (Å²) in [6.45, 7) is 4.43. The number of aryl methyl sites for hydroxylation is 2. The van der Waals surface area contributed by atoms with Crippen LogP contribution in [0.1, 0.15) is 25.0 Å². The molecule has 0 aromatic heterocycles. The van der Waals surface area contributed by atoms with Crippen LogP contribution >= 0.6 is 11.8 Å². The van der Waals surface area contributed by atoms with Crippen LogP contribution in [0, 0.1) is 0 Å². The van der Waals surface area contributed by atoms with E-state index in [1.54, 1.807) is 0 Å². The molecule has 0 bridgehead atoms. The van der Waals surface area contributed by atoms with E-state index < -0.39 is 0 Å². The highest BCUT2D eigenvalue weighted by atomic mass is 32.2. The Bertz CT molecular complexity index is 993. The third-order valence-electron chi connectivity index (χ3n) is 5.29. The number of rotatable bonds is 6. The van der Waals surface area contributed by atoms with Crippen molar-refractivity contribution in [3.63, 3.8) is 0 Å². The van der Waals surface area contributed by atoms with Crippen LogP contribution in [0.5, 0.6) is 0 Å². The summed E-state index contributed by atoms with van der Waals surface area (Å²) in [7, 11) is 0. The maximum Gasteiger partial charge on any atom is 0.0201 e. The maximum atomic E-state index is 2.35. The minimum Gasteiger partial charge on any atom is -0.0888 e. The third-order valence-corrected chi connectivity index (χ3v) is 6.45. The second-order valence-electron chi connectivity index (χ2n) is 7.20. The monoisotopic (exact) mass is 394 g/mol. The molecule has 0 aliphatic carbocycles. The lowest BCUT2D eigenvalue weighted by Crippen LogP contribution is -1.90. The van der Waals surface area contributed by atoms with E-state index in [4.69, 9.17) is 0 Å². The molecule has 4 aromatic rings. The van der Waals surface area contributed by atoms with Gasteiger partial charge in [-0.2, -0.15) is 0 Å². The molecule has 144 valence electrons. The van der Waals surface area contributed by atoms with Crippen LogP contribution in [0.25, 0.3) is 22.3 Å². The summed E-state index contributed by atoms with van der Waals surface area (Å²) in [5.41, 5.74) is 7.92. The molecule has 4 rings (SSSR count). The number of hydrogen-bond acceptors (Lipinski definition) is 1. The Morgan fingerprint density at radius 1 is 0.517 bits per heavy atom. The molecule has 0 spiro atoms. The second-order valence-corrected chi connectivity index (χ2v) is 8.29. The maximum absolute atomic E-state index is 2.35. The van der Waals surface area contributed by atoms with Gasteiger partial charge >= 0.3 is 0 Å². The molecule has 4 aromatic carbocycles. The van der Waals surface area contributed by atoms with Gasteiger partial charge in [-0.3, -0.25) is 0 Å². The molecule has 0 radical (unpaired) electrons. The van der Waals surface area contributed by atoms with E-state index in [-0.39, 0.29) is 0 Å². The summed E-state index contributed by atoms with van der Waals surface area (Å²) in [6, 6.07) is 35.2. The van der Waals surface area contributed by atoms with Gasteiger partial charge < -0.3 is 0 Å². The summed E-state index contributed by atoms with van der Waals surface area (Å²) >= 11 is 1.87. The van der Waals surface area contributed by atoms with Gasteiger partial charge in [0.2, 0.25) is 0 Å². The quantitative estimate of drug-likeness (QED) is 0.317. The lowest BCUT2D eigenvalue weighted by molar-refractivity contribution is 1.13. The summed E-state index contributed by atoms with van der Waals surface area (Å²) in [5, 5.41) is 0. The largest absolute Gasteiger partial charge is 0.0888 e. The number of hydrogen-bond donors (Lipinski definition) is 0. The minimum atomic E-state index is 1.05. The van der Waals surface area contributed by atoms with Crippen molar-refractivity contribution in [1.82, 2.24) is 0 Å². The van der Waals surface area contributed by atoms with Crippen LogP contribution in [-0.4, -0.2) is 0 Å². The average Bonchev–Trinajstić information content (AvgIpc) is 2.80. The van der Waals surface area contributed by atoms with E-state index >= 15 is 0 Å². The highest BCUT2D eigenvalue weighted by Crippen LogP contribution is 2.41. The Balaban J connectivity index is 1.81. The Morgan fingerprint density at radius 2 is 0.931 bits per heavy atom. The van der Waals surface area contributed by atoms with E-state index in [0.717, 1.165) is 12.8 Å². The third kappa shape index (κ3) is 4.46. The Hall–Kier alpha value is -2.77. The smallest absolute Gasteiger partial charge is 0.0201 e. The van der Waals surface area contributed by atoms with Gasteiger partial charge in [-0.25, -0.2) is 0 Å². The molecule has 0 heterocycles. The molecule has 0 atom stereocenters. The fraction of sp³-hybridized carbons (Fsp3) is 0.143. The lowest BCUT2D eigenvalue weighted by atomic mass is 10.0. The fourth-order valence-electron chi connectivity index (χ4n) is 3.58. The molecule has 0 aliphatic heterocycles. The minimum absolute atomic E-state index is 1.05. The van der Waals surface area contributed by atoms with Crippen molar-refractivity contribution < 1.29 is 0 Å². The summed E-state index contributed by atoms with van der Waals surface area (Å²) in [4.78, 5) is 2.60. The summed E-state index contributed by atoms with van der Waals surface area (Å²) < 4.78 is 0. The van der Waals surface area contributed by atoms with Crippen LogP contribution in [0.15, 0.2) is 107 Å². The van der Waals surface area contributed by atoms with Crippen LogP contribution in [0.4, 0.5) is 0 Å². The van der Waals surface area contributed by atoms with E-state index in [9.17, 15) is 0 Å². The van der Waals surface area contributed by atoms with E-state index in [1.165, 1.54) is 43.2 Å². The van der Waals surface area contributed by atoms with Gasteiger partial charge in [-0.05, 0) is 58.4 Å². The zero-order valence-corrected chi connectivity index (χ0v) is 17.9. The normalized spacial score (nSPS) is 10.8. The topological polar surface area (TPSA) is 0 Å². The number of benzene rings is 4. The molecule has 0 saturated carbocycles. The Labute approximate surface area is 178 Å². The van der Waals surface area contributed by atoms with Crippen molar-refractivity contribution in [2.75, 3.05) is 0 Å². The fourth-order valence-corrected chi connectivity index (χ4v) is 4.66. The van der Waals surface area contributed by atoms with Gasteiger partial charge in [-0.15, -0.1) is 0 Å². The van der Waals surface area contributed by atoms with Crippen LogP contribution in [0.2, 0.25) is 0 Å². The van der Waals surface area contributed by atoms with Crippen LogP contribution < -0.4 is 0 Å². The predicted octanol–water partition coefficient (Wildman–Crippen LogP) is 8.30. The molecule has 0 amide bonds. The molecule has 0 N–H and O–H groups in total.